The van der Waals surface area contributed by atoms with Gasteiger partial charge in [-0.05, 0) is 97.7 Å². The Morgan fingerprint density at radius 3 is 2.19 bits per heavy atom. The first-order valence-corrected chi connectivity index (χ1v) is 13.6. The Morgan fingerprint density at radius 2 is 1.59 bits per heavy atom. The highest BCUT2D eigenvalue weighted by atomic mass is 35.5. The van der Waals surface area contributed by atoms with Crippen LogP contribution in [-0.4, -0.2) is 17.9 Å². The first-order chi connectivity index (χ1) is 17.9. The number of hydrogen-bond donors (Lipinski definition) is 0. The molecule has 6 heteroatoms. The van der Waals surface area contributed by atoms with Gasteiger partial charge in [0.05, 0.1) is 24.2 Å². The fraction of sp³-hybridized carbons (Fsp3) is 0.452. The predicted octanol–water partition coefficient (Wildman–Crippen LogP) is 6.67. The molecular formula is C31H27ClFN3O. The molecular weight excluding hydrogens is 485 g/mol. The van der Waals surface area contributed by atoms with Crippen molar-refractivity contribution in [3.05, 3.63) is 70.5 Å². The Kier molecular flexibility index (Phi) is 4.93. The minimum atomic E-state index is -1.51. The second-order valence-corrected chi connectivity index (χ2v) is 12.5. The number of fused-ring (bicyclic) bond motifs is 3. The highest BCUT2D eigenvalue weighted by Crippen LogP contribution is 2.63. The van der Waals surface area contributed by atoms with E-state index in [4.69, 9.17) is 11.6 Å². The Balaban J connectivity index is 1.44. The number of carbonyl (C=O) groups excluding carboxylic acids is 1. The number of rotatable bonds is 3. The zero-order valence-electron chi connectivity index (χ0n) is 20.4. The lowest BCUT2D eigenvalue weighted by Gasteiger charge is -2.57. The van der Waals surface area contributed by atoms with Crippen LogP contribution in [0.2, 0.25) is 5.02 Å². The molecule has 0 amide bonds. The molecule has 3 atom stereocenters. The molecule has 2 heterocycles. The number of anilines is 1. The van der Waals surface area contributed by atoms with Crippen molar-refractivity contribution < 1.29 is 9.18 Å². The molecule has 0 spiro atoms. The van der Waals surface area contributed by atoms with E-state index in [1.54, 1.807) is 18.2 Å². The Bertz CT molecular complexity index is 1370. The van der Waals surface area contributed by atoms with E-state index in [9.17, 15) is 14.9 Å². The topological polar surface area (TPSA) is 67.9 Å². The average molecular weight is 512 g/mol. The van der Waals surface area contributed by atoms with Crippen molar-refractivity contribution in [3.63, 3.8) is 0 Å². The largest absolute Gasteiger partial charge is 0.351 e. The second-order valence-electron chi connectivity index (χ2n) is 12.0. The summed E-state index contributed by atoms with van der Waals surface area (Å²) in [4.78, 5) is 17.1. The number of halogens is 2. The van der Waals surface area contributed by atoms with Crippen molar-refractivity contribution in [2.24, 2.45) is 28.6 Å². The van der Waals surface area contributed by atoms with Crippen LogP contribution in [0.5, 0.6) is 0 Å². The van der Waals surface area contributed by atoms with Gasteiger partial charge < -0.3 is 4.90 Å². The predicted molar refractivity (Wildman–Crippen MR) is 139 cm³/mol. The molecule has 4 saturated carbocycles. The highest BCUT2D eigenvalue weighted by Gasteiger charge is 2.66. The van der Waals surface area contributed by atoms with Gasteiger partial charge in [0.1, 0.15) is 5.82 Å². The van der Waals surface area contributed by atoms with E-state index in [1.165, 1.54) is 31.4 Å². The normalized spacial score (nSPS) is 35.9. The summed E-state index contributed by atoms with van der Waals surface area (Å²) in [6.45, 7) is 0. The number of nitriles is 2. The third-order valence-electron chi connectivity index (χ3n) is 10.0. The van der Waals surface area contributed by atoms with Crippen LogP contribution in [0.15, 0.2) is 48.5 Å². The van der Waals surface area contributed by atoms with E-state index >= 15 is 4.79 Å². The summed E-state index contributed by atoms with van der Waals surface area (Å²) in [5.41, 5.74) is 0.424. The number of Topliss-reactive ketones (excluding diaryl/α,β-unsaturated/α-hetero) is 1. The zero-order valence-corrected chi connectivity index (χ0v) is 21.2. The van der Waals surface area contributed by atoms with E-state index < -0.39 is 28.8 Å². The third kappa shape index (κ3) is 3.14. The number of ketones is 1. The quantitative estimate of drug-likeness (QED) is 0.461. The van der Waals surface area contributed by atoms with Gasteiger partial charge in [-0.25, -0.2) is 4.39 Å². The molecule has 0 aromatic heterocycles. The number of nitrogens with zero attached hydrogens (tertiary/aromatic N) is 3. The molecule has 0 N–H and O–H groups in total. The fourth-order valence-corrected chi connectivity index (χ4v) is 9.22. The Morgan fingerprint density at radius 1 is 0.973 bits per heavy atom. The van der Waals surface area contributed by atoms with Crippen LogP contribution in [-0.2, 0) is 4.79 Å². The molecule has 5 fully saturated rings. The van der Waals surface area contributed by atoms with E-state index in [1.807, 2.05) is 29.2 Å². The van der Waals surface area contributed by atoms with E-state index in [2.05, 4.69) is 12.1 Å². The standard InChI is InChI=1S/C31H27ClFN3O/c32-23-4-7-25-22(12-23)3-8-26-31(16-34,17-35)27(21-1-5-24(33)6-2-21)28(36(25)26)29(37)30-13-18-9-19(14-30)11-20(10-18)15-30/h1-8,12,18-20,26-28H,9-11,13-15H2/t18?,19?,20?,26-,27-,28+,30?/m1/s1. The first kappa shape index (κ1) is 23.0. The molecule has 6 aliphatic rings. The van der Waals surface area contributed by atoms with Gasteiger partial charge in [0.2, 0.25) is 0 Å². The van der Waals surface area contributed by atoms with Crippen molar-refractivity contribution in [2.45, 2.75) is 56.5 Å². The van der Waals surface area contributed by atoms with Gasteiger partial charge in [-0.2, -0.15) is 10.5 Å². The maximum Gasteiger partial charge on any atom is 0.176 e. The van der Waals surface area contributed by atoms with Crippen LogP contribution in [0.25, 0.3) is 6.08 Å². The molecule has 2 aliphatic heterocycles. The SMILES string of the molecule is N#CC1(C#N)[C@H](c2ccc(F)cc2)[C@@H](C(=O)C23CC4CC(CC(C4)C2)C3)N2c3ccc(Cl)cc3C=C[C@@H]21. The summed E-state index contributed by atoms with van der Waals surface area (Å²) < 4.78 is 14.0. The molecule has 0 unspecified atom stereocenters. The van der Waals surface area contributed by atoms with Gasteiger partial charge in [-0.15, -0.1) is 0 Å². The number of benzene rings is 2. The van der Waals surface area contributed by atoms with Crippen LogP contribution < -0.4 is 4.90 Å². The summed E-state index contributed by atoms with van der Waals surface area (Å²) >= 11 is 6.32. The highest BCUT2D eigenvalue weighted by molar-refractivity contribution is 6.30. The number of hydrogen-bond acceptors (Lipinski definition) is 4. The monoisotopic (exact) mass is 511 g/mol. The van der Waals surface area contributed by atoms with Crippen LogP contribution >= 0.6 is 11.6 Å². The molecule has 0 radical (unpaired) electrons. The summed E-state index contributed by atoms with van der Waals surface area (Å²) in [6.07, 6.45) is 10.1. The van der Waals surface area contributed by atoms with Crippen molar-refractivity contribution in [1.29, 1.82) is 10.5 Å². The zero-order chi connectivity index (χ0) is 25.5. The molecule has 2 aromatic rings. The molecule has 1 saturated heterocycles. The summed E-state index contributed by atoms with van der Waals surface area (Å²) in [7, 11) is 0. The maximum absolute atomic E-state index is 15.0. The van der Waals surface area contributed by atoms with Gasteiger partial charge in [-0.3, -0.25) is 4.79 Å². The van der Waals surface area contributed by atoms with Crippen molar-refractivity contribution in [2.75, 3.05) is 4.90 Å². The van der Waals surface area contributed by atoms with Gasteiger partial charge >= 0.3 is 0 Å². The number of carbonyl (C=O) groups is 1. The summed E-state index contributed by atoms with van der Waals surface area (Å²) in [5.74, 6) is 0.819. The van der Waals surface area contributed by atoms with E-state index in [0.29, 0.717) is 28.3 Å². The van der Waals surface area contributed by atoms with Crippen LogP contribution in [0, 0.1) is 57.1 Å². The molecule has 186 valence electrons. The van der Waals surface area contributed by atoms with Crippen molar-refractivity contribution in [3.8, 4) is 12.1 Å². The van der Waals surface area contributed by atoms with Gasteiger partial charge in [0.15, 0.2) is 11.2 Å². The maximum atomic E-state index is 15.0. The summed E-state index contributed by atoms with van der Waals surface area (Å²) in [5, 5.41) is 21.8. The smallest absolute Gasteiger partial charge is 0.176 e. The van der Waals surface area contributed by atoms with Crippen LogP contribution in [0.4, 0.5) is 10.1 Å². The Labute approximate surface area is 221 Å². The lowest BCUT2D eigenvalue weighted by molar-refractivity contribution is -0.145. The minimum Gasteiger partial charge on any atom is -0.351 e. The molecule has 4 bridgehead atoms. The van der Waals surface area contributed by atoms with E-state index in [-0.39, 0.29) is 11.6 Å². The molecule has 37 heavy (non-hydrogen) atoms. The van der Waals surface area contributed by atoms with Gasteiger partial charge in [0.25, 0.3) is 0 Å². The Hall–Kier alpha value is -3.15. The van der Waals surface area contributed by atoms with Crippen LogP contribution in [0.3, 0.4) is 0 Å². The first-order valence-electron chi connectivity index (χ1n) is 13.3. The lowest BCUT2D eigenvalue weighted by Crippen LogP contribution is -2.56. The van der Waals surface area contributed by atoms with Crippen molar-refractivity contribution >= 4 is 29.1 Å². The van der Waals surface area contributed by atoms with Gasteiger partial charge in [-0.1, -0.05) is 35.9 Å². The lowest BCUT2D eigenvalue weighted by atomic mass is 9.47. The van der Waals surface area contributed by atoms with E-state index in [0.717, 1.165) is 30.5 Å². The van der Waals surface area contributed by atoms with Crippen LogP contribution in [0.1, 0.15) is 55.6 Å². The average Bonchev–Trinajstić information content (AvgIpc) is 3.18. The minimum absolute atomic E-state index is 0.162. The second kappa shape index (κ2) is 7.92. The molecule has 4 aliphatic carbocycles. The molecule has 2 aromatic carbocycles. The van der Waals surface area contributed by atoms with Gasteiger partial charge in [0, 0.05) is 22.0 Å². The molecule has 8 rings (SSSR count). The molecule has 4 nitrogen and oxygen atoms in total. The fourth-order valence-electron chi connectivity index (χ4n) is 9.03. The summed E-state index contributed by atoms with van der Waals surface area (Å²) in [6, 6.07) is 15.0. The third-order valence-corrected chi connectivity index (χ3v) is 10.3. The van der Waals surface area contributed by atoms with Crippen molar-refractivity contribution in [1.82, 2.24) is 0 Å².